The molecular weight excluding hydrogens is 272 g/mol. The standard InChI is InChI=1S/C14H18N4OS/c1-9-5-10(2)13(11(3)6-9)16-12(19)7-20-14-17-15-8-18(14)4/h5-6,8H,7H2,1-4H3,(H,16,19). The molecule has 0 unspecified atom stereocenters. The SMILES string of the molecule is Cc1cc(C)c(NC(=O)CSc2nncn2C)c(C)c1. The first-order chi connectivity index (χ1) is 9.47. The molecule has 0 spiro atoms. The summed E-state index contributed by atoms with van der Waals surface area (Å²) in [7, 11) is 1.86. The molecule has 0 aliphatic heterocycles. The number of benzene rings is 1. The van der Waals surface area contributed by atoms with Crippen molar-refractivity contribution in [3.05, 3.63) is 35.2 Å². The van der Waals surface area contributed by atoms with Crippen molar-refractivity contribution in [1.29, 1.82) is 0 Å². The molecule has 5 nitrogen and oxygen atoms in total. The van der Waals surface area contributed by atoms with Gasteiger partial charge in [-0.05, 0) is 31.9 Å². The molecule has 0 atom stereocenters. The lowest BCUT2D eigenvalue weighted by atomic mass is 10.1. The molecule has 1 heterocycles. The summed E-state index contributed by atoms with van der Waals surface area (Å²) in [6, 6.07) is 4.14. The number of hydrogen-bond acceptors (Lipinski definition) is 4. The van der Waals surface area contributed by atoms with Crippen molar-refractivity contribution in [3.8, 4) is 0 Å². The normalized spacial score (nSPS) is 10.6. The van der Waals surface area contributed by atoms with Gasteiger partial charge in [0.05, 0.1) is 5.75 Å². The van der Waals surface area contributed by atoms with E-state index >= 15 is 0 Å². The number of aryl methyl sites for hydroxylation is 4. The Morgan fingerprint density at radius 1 is 1.30 bits per heavy atom. The van der Waals surface area contributed by atoms with Gasteiger partial charge in [0.15, 0.2) is 5.16 Å². The molecule has 1 N–H and O–H groups in total. The van der Waals surface area contributed by atoms with Gasteiger partial charge in [0.25, 0.3) is 0 Å². The van der Waals surface area contributed by atoms with Crippen LogP contribution in [0, 0.1) is 20.8 Å². The van der Waals surface area contributed by atoms with Crippen LogP contribution >= 0.6 is 11.8 Å². The molecule has 6 heteroatoms. The quantitative estimate of drug-likeness (QED) is 0.879. The number of thioether (sulfide) groups is 1. The maximum Gasteiger partial charge on any atom is 0.234 e. The van der Waals surface area contributed by atoms with Crippen LogP contribution in [-0.4, -0.2) is 26.4 Å². The van der Waals surface area contributed by atoms with E-state index in [1.807, 2.05) is 20.9 Å². The fourth-order valence-corrected chi connectivity index (χ4v) is 2.77. The average molecular weight is 290 g/mol. The summed E-state index contributed by atoms with van der Waals surface area (Å²) >= 11 is 1.37. The second kappa shape index (κ2) is 6.09. The van der Waals surface area contributed by atoms with Crippen LogP contribution < -0.4 is 5.32 Å². The first kappa shape index (κ1) is 14.6. The number of nitrogens with one attached hydrogen (secondary N) is 1. The van der Waals surface area contributed by atoms with Gasteiger partial charge in [-0.15, -0.1) is 10.2 Å². The lowest BCUT2D eigenvalue weighted by Crippen LogP contribution is -2.16. The fraction of sp³-hybridized carbons (Fsp3) is 0.357. The monoisotopic (exact) mass is 290 g/mol. The second-order valence-electron chi connectivity index (χ2n) is 4.83. The minimum absolute atomic E-state index is 0.0342. The van der Waals surface area contributed by atoms with Crippen LogP contribution in [0.5, 0.6) is 0 Å². The Bertz CT molecular complexity index is 613. The molecule has 106 valence electrons. The molecule has 1 amide bonds. The van der Waals surface area contributed by atoms with E-state index in [2.05, 4.69) is 34.6 Å². The Labute approximate surface area is 122 Å². The van der Waals surface area contributed by atoms with Crippen molar-refractivity contribution in [3.63, 3.8) is 0 Å². The summed E-state index contributed by atoms with van der Waals surface area (Å²) in [5, 5.41) is 11.4. The number of carbonyl (C=O) groups excluding carboxylic acids is 1. The first-order valence-corrected chi connectivity index (χ1v) is 7.30. The van der Waals surface area contributed by atoms with Gasteiger partial charge in [0.1, 0.15) is 6.33 Å². The van der Waals surface area contributed by atoms with Crippen LogP contribution in [-0.2, 0) is 11.8 Å². The molecule has 2 rings (SSSR count). The Kier molecular flexibility index (Phi) is 4.44. The molecule has 1 aromatic carbocycles. The number of nitrogens with zero attached hydrogens (tertiary/aromatic N) is 3. The van der Waals surface area contributed by atoms with Crippen molar-refractivity contribution in [2.45, 2.75) is 25.9 Å². The van der Waals surface area contributed by atoms with Crippen LogP contribution in [0.4, 0.5) is 5.69 Å². The summed E-state index contributed by atoms with van der Waals surface area (Å²) < 4.78 is 1.79. The highest BCUT2D eigenvalue weighted by Gasteiger charge is 2.10. The zero-order chi connectivity index (χ0) is 14.7. The van der Waals surface area contributed by atoms with Gasteiger partial charge in [0.2, 0.25) is 5.91 Å². The van der Waals surface area contributed by atoms with Crippen molar-refractivity contribution in [2.75, 3.05) is 11.1 Å². The highest BCUT2D eigenvalue weighted by Crippen LogP contribution is 2.22. The molecule has 1 aromatic heterocycles. The van der Waals surface area contributed by atoms with Crippen molar-refractivity contribution < 1.29 is 4.79 Å². The molecule has 0 saturated heterocycles. The third kappa shape index (κ3) is 3.39. The number of hydrogen-bond donors (Lipinski definition) is 1. The number of amides is 1. The molecule has 20 heavy (non-hydrogen) atoms. The molecule has 0 aliphatic rings. The van der Waals surface area contributed by atoms with Crippen molar-refractivity contribution in [1.82, 2.24) is 14.8 Å². The van der Waals surface area contributed by atoms with E-state index in [0.29, 0.717) is 5.75 Å². The van der Waals surface area contributed by atoms with E-state index in [4.69, 9.17) is 0 Å². The highest BCUT2D eigenvalue weighted by atomic mass is 32.2. The summed E-state index contributed by atoms with van der Waals surface area (Å²) in [5.74, 6) is 0.285. The minimum atomic E-state index is -0.0342. The fourth-order valence-electron chi connectivity index (χ4n) is 2.09. The number of anilines is 1. The van der Waals surface area contributed by atoms with E-state index in [1.54, 1.807) is 10.9 Å². The largest absolute Gasteiger partial charge is 0.325 e. The predicted octanol–water partition coefficient (Wildman–Crippen LogP) is 2.47. The maximum atomic E-state index is 12.0. The average Bonchev–Trinajstić information content (AvgIpc) is 2.77. The highest BCUT2D eigenvalue weighted by molar-refractivity contribution is 7.99. The van der Waals surface area contributed by atoms with E-state index in [0.717, 1.165) is 22.0 Å². The summed E-state index contributed by atoms with van der Waals surface area (Å²) in [5.41, 5.74) is 4.27. The Morgan fingerprint density at radius 2 is 1.95 bits per heavy atom. The third-order valence-electron chi connectivity index (χ3n) is 2.94. The van der Waals surface area contributed by atoms with Crippen LogP contribution in [0.3, 0.4) is 0 Å². The lowest BCUT2D eigenvalue weighted by molar-refractivity contribution is -0.113. The molecule has 0 saturated carbocycles. The van der Waals surface area contributed by atoms with E-state index in [-0.39, 0.29) is 5.91 Å². The Hall–Kier alpha value is -1.82. The van der Waals surface area contributed by atoms with E-state index in [9.17, 15) is 4.79 Å². The Balaban J connectivity index is 2.00. The van der Waals surface area contributed by atoms with Gasteiger partial charge in [0, 0.05) is 12.7 Å². The van der Waals surface area contributed by atoms with Crippen LogP contribution in [0.2, 0.25) is 0 Å². The van der Waals surface area contributed by atoms with Gasteiger partial charge < -0.3 is 9.88 Å². The number of aromatic nitrogens is 3. The minimum Gasteiger partial charge on any atom is -0.325 e. The number of carbonyl (C=O) groups is 1. The van der Waals surface area contributed by atoms with E-state index in [1.165, 1.54) is 17.3 Å². The summed E-state index contributed by atoms with van der Waals surface area (Å²) in [4.78, 5) is 12.0. The zero-order valence-corrected chi connectivity index (χ0v) is 12.9. The lowest BCUT2D eigenvalue weighted by Gasteiger charge is -2.12. The molecule has 2 aromatic rings. The van der Waals surface area contributed by atoms with Gasteiger partial charge in [-0.2, -0.15) is 0 Å². The molecule has 0 radical (unpaired) electrons. The third-order valence-corrected chi connectivity index (χ3v) is 3.98. The second-order valence-corrected chi connectivity index (χ2v) is 5.78. The van der Waals surface area contributed by atoms with Gasteiger partial charge >= 0.3 is 0 Å². The van der Waals surface area contributed by atoms with Gasteiger partial charge in [-0.3, -0.25) is 4.79 Å². The van der Waals surface area contributed by atoms with Crippen molar-refractivity contribution >= 4 is 23.4 Å². The van der Waals surface area contributed by atoms with Gasteiger partial charge in [-0.1, -0.05) is 29.5 Å². The predicted molar refractivity (Wildman–Crippen MR) is 81.0 cm³/mol. The van der Waals surface area contributed by atoms with Crippen LogP contribution in [0.15, 0.2) is 23.6 Å². The van der Waals surface area contributed by atoms with Crippen LogP contribution in [0.25, 0.3) is 0 Å². The van der Waals surface area contributed by atoms with Gasteiger partial charge in [-0.25, -0.2) is 0 Å². The zero-order valence-electron chi connectivity index (χ0n) is 12.1. The van der Waals surface area contributed by atoms with E-state index < -0.39 is 0 Å². The topological polar surface area (TPSA) is 59.8 Å². The molecule has 0 aliphatic carbocycles. The number of rotatable bonds is 4. The first-order valence-electron chi connectivity index (χ1n) is 6.32. The van der Waals surface area contributed by atoms with Crippen LogP contribution in [0.1, 0.15) is 16.7 Å². The maximum absolute atomic E-state index is 12.0. The molecule has 0 bridgehead atoms. The summed E-state index contributed by atoms with van der Waals surface area (Å²) in [6.45, 7) is 6.06. The summed E-state index contributed by atoms with van der Waals surface area (Å²) in [6.07, 6.45) is 1.62. The molecular formula is C14H18N4OS. The molecule has 0 fully saturated rings. The smallest absolute Gasteiger partial charge is 0.234 e. The van der Waals surface area contributed by atoms with Crippen molar-refractivity contribution in [2.24, 2.45) is 7.05 Å². The Morgan fingerprint density at radius 3 is 2.50 bits per heavy atom.